The third kappa shape index (κ3) is 7.68. The molecule has 46 heavy (non-hydrogen) atoms. The number of nitrogens with zero attached hydrogens (tertiary/aromatic N) is 4. The van der Waals surface area contributed by atoms with Crippen molar-refractivity contribution in [3.63, 3.8) is 0 Å². The lowest BCUT2D eigenvalue weighted by atomic mass is 9.98. The van der Waals surface area contributed by atoms with Crippen molar-refractivity contribution < 1.29 is 47.5 Å². The molecule has 0 spiro atoms. The monoisotopic (exact) mass is 658 g/mol. The van der Waals surface area contributed by atoms with Crippen LogP contribution in [0.4, 0.5) is 20.4 Å². The summed E-state index contributed by atoms with van der Waals surface area (Å²) < 4.78 is 53.2. The summed E-state index contributed by atoms with van der Waals surface area (Å²) in [5.41, 5.74) is 4.69. The second-order valence-corrected chi connectivity index (χ2v) is 11.9. The van der Waals surface area contributed by atoms with Crippen molar-refractivity contribution in [2.75, 3.05) is 24.7 Å². The number of ether oxygens (including phenoxy) is 4. The predicted molar refractivity (Wildman–Crippen MR) is 156 cm³/mol. The minimum Gasteiger partial charge on any atom is -0.463 e. The molecule has 2 fully saturated rings. The highest BCUT2D eigenvalue weighted by molar-refractivity contribution is 5.72. The molecule has 6 N–H and O–H groups in total. The number of hydrogen-bond donors (Lipinski definition) is 4. The average Bonchev–Trinajstić information content (AvgIpc) is 3.34. The Labute approximate surface area is 262 Å². The van der Waals surface area contributed by atoms with Crippen molar-refractivity contribution in [3.8, 4) is 0 Å². The van der Waals surface area contributed by atoms with E-state index < -0.39 is 90.0 Å². The number of aromatic nitrogens is 4. The van der Waals surface area contributed by atoms with Crippen molar-refractivity contribution in [1.82, 2.24) is 19.1 Å². The zero-order valence-corrected chi connectivity index (χ0v) is 26.2. The minimum absolute atomic E-state index is 0.00839. The third-order valence-electron chi connectivity index (χ3n) is 7.36. The Balaban J connectivity index is 0.000000275. The molecule has 2 aromatic heterocycles. The molecule has 2 saturated heterocycles. The van der Waals surface area contributed by atoms with Crippen molar-refractivity contribution in [1.29, 1.82) is 0 Å². The molecule has 0 bridgehead atoms. The number of rotatable bonds is 8. The maximum Gasteiger partial charge on any atom is 0.351 e. The molecule has 0 aliphatic carbocycles. The predicted octanol–water partition coefficient (Wildman–Crippen LogP) is 0.0224. The van der Waals surface area contributed by atoms with Gasteiger partial charge >= 0.3 is 23.3 Å². The summed E-state index contributed by atoms with van der Waals surface area (Å²) in [6, 6.07) is 2.64. The quantitative estimate of drug-likeness (QED) is 0.274. The summed E-state index contributed by atoms with van der Waals surface area (Å²) in [4.78, 5) is 54.6. The van der Waals surface area contributed by atoms with E-state index in [1.807, 2.05) is 0 Å². The van der Waals surface area contributed by atoms with Crippen LogP contribution in [0.2, 0.25) is 0 Å². The Hall–Kier alpha value is -4.00. The molecular weight excluding hydrogens is 618 g/mol. The number of halogens is 2. The van der Waals surface area contributed by atoms with Crippen LogP contribution in [0.5, 0.6) is 0 Å². The molecule has 0 saturated carbocycles. The van der Waals surface area contributed by atoms with Gasteiger partial charge in [-0.1, -0.05) is 27.7 Å². The Morgan fingerprint density at radius 2 is 1.37 bits per heavy atom. The fourth-order valence-corrected chi connectivity index (χ4v) is 4.69. The molecule has 0 amide bonds. The smallest absolute Gasteiger partial charge is 0.351 e. The summed E-state index contributed by atoms with van der Waals surface area (Å²) in [6.07, 6.45) is -5.43. The lowest BCUT2D eigenvalue weighted by Gasteiger charge is -2.28. The molecule has 2 aliphatic rings. The molecule has 2 aliphatic heterocycles. The number of alkyl halides is 2. The molecule has 4 rings (SSSR count). The van der Waals surface area contributed by atoms with E-state index in [9.17, 15) is 28.7 Å². The van der Waals surface area contributed by atoms with E-state index in [1.54, 1.807) is 27.7 Å². The summed E-state index contributed by atoms with van der Waals surface area (Å²) in [7, 11) is 0. The highest BCUT2D eigenvalue weighted by atomic mass is 19.1. The van der Waals surface area contributed by atoms with Crippen LogP contribution in [0.1, 0.15) is 54.0 Å². The van der Waals surface area contributed by atoms with Crippen molar-refractivity contribution >= 4 is 23.6 Å². The first-order valence-corrected chi connectivity index (χ1v) is 14.4. The number of nitrogens with two attached hydrogens (primary N) is 2. The summed E-state index contributed by atoms with van der Waals surface area (Å²) in [5.74, 6) is -2.06. The molecule has 18 heteroatoms. The van der Waals surface area contributed by atoms with Gasteiger partial charge in [-0.25, -0.2) is 18.4 Å². The Morgan fingerprint density at radius 3 is 1.78 bits per heavy atom. The van der Waals surface area contributed by atoms with Gasteiger partial charge < -0.3 is 40.6 Å². The van der Waals surface area contributed by atoms with Crippen LogP contribution in [0, 0.1) is 11.8 Å². The van der Waals surface area contributed by atoms with Gasteiger partial charge in [0, 0.05) is 12.4 Å². The van der Waals surface area contributed by atoms with Crippen molar-refractivity contribution in [2.45, 2.75) is 89.8 Å². The Morgan fingerprint density at radius 1 is 0.913 bits per heavy atom. The first-order chi connectivity index (χ1) is 21.3. The molecule has 256 valence electrons. The van der Waals surface area contributed by atoms with Crippen LogP contribution in [-0.2, 0) is 28.5 Å². The highest BCUT2D eigenvalue weighted by Crippen LogP contribution is 2.43. The van der Waals surface area contributed by atoms with Crippen LogP contribution < -0.4 is 22.8 Å². The molecule has 2 aromatic rings. The summed E-state index contributed by atoms with van der Waals surface area (Å²) >= 11 is 0. The van der Waals surface area contributed by atoms with Crippen LogP contribution >= 0.6 is 0 Å². The van der Waals surface area contributed by atoms with Crippen LogP contribution in [0.3, 0.4) is 0 Å². The fraction of sp³-hybridized carbons (Fsp3) is 0.643. The maximum atomic E-state index is 15.7. The molecular formula is C28H40F2N6O10. The lowest BCUT2D eigenvalue weighted by molar-refractivity contribution is -0.165. The van der Waals surface area contributed by atoms with E-state index in [0.29, 0.717) is 0 Å². The van der Waals surface area contributed by atoms with Crippen LogP contribution in [-0.4, -0.2) is 90.2 Å². The molecule has 0 aromatic carbocycles. The van der Waals surface area contributed by atoms with E-state index in [0.717, 1.165) is 23.0 Å². The van der Waals surface area contributed by atoms with Gasteiger partial charge in [0.15, 0.2) is 29.9 Å². The number of carbonyl (C=O) groups excluding carboxylic acids is 2. The van der Waals surface area contributed by atoms with Crippen LogP contribution in [0.25, 0.3) is 0 Å². The first kappa shape index (κ1) is 36.5. The Kier molecular flexibility index (Phi) is 11.2. The second kappa shape index (κ2) is 14.2. The minimum atomic E-state index is -2.29. The van der Waals surface area contributed by atoms with Gasteiger partial charge in [-0.05, 0) is 26.0 Å². The SMILES string of the molecule is CC(C)C(=O)OC[C@H]1O[C@@H](n2ccc(N)nc2=O)C(C)(F)[C@H]1OC(=O)C(C)C.CC1(F)[C@@H](O)[C@@H](CO)O[C@H]1n1ccc(N)nc1=O. The largest absolute Gasteiger partial charge is 0.463 e. The van der Waals surface area contributed by atoms with Gasteiger partial charge in [-0.15, -0.1) is 0 Å². The molecule has 4 heterocycles. The third-order valence-corrected chi connectivity index (χ3v) is 7.36. The maximum absolute atomic E-state index is 15.7. The molecule has 16 nitrogen and oxygen atoms in total. The molecule has 0 radical (unpaired) electrons. The standard InChI is InChI=1S/C18H26FN3O6.C10H14FN3O4/c1-9(2)14(23)26-8-11-13(28-15(24)10(3)4)18(5,19)16(27-11)22-7-6-12(20)21-17(22)25;1-10(11)7(16)5(4-15)18-8(10)14-3-2-6(12)13-9(14)17/h6-7,9-11,13,16H,8H2,1-5H3,(H2,20,21,25);2-3,5,7-8,15-16H,4H2,1H3,(H2,12,13,17)/t11-,13+,16-,18?;5-,7+,8-,10?/m11/s1. The normalized spacial score (nSPS) is 30.6. The zero-order valence-electron chi connectivity index (χ0n) is 26.2. The number of anilines is 2. The van der Waals surface area contributed by atoms with Crippen LogP contribution in [0.15, 0.2) is 34.1 Å². The number of aliphatic hydroxyl groups excluding tert-OH is 2. The average molecular weight is 659 g/mol. The topological polar surface area (TPSA) is 233 Å². The molecule has 8 atom stereocenters. The second-order valence-electron chi connectivity index (χ2n) is 11.9. The van der Waals surface area contributed by atoms with Gasteiger partial charge in [0.25, 0.3) is 0 Å². The van der Waals surface area contributed by atoms with Gasteiger partial charge in [0.05, 0.1) is 18.4 Å². The summed E-state index contributed by atoms with van der Waals surface area (Å²) in [6.45, 7) is 7.88. The van der Waals surface area contributed by atoms with Gasteiger partial charge in [-0.2, -0.15) is 9.97 Å². The number of esters is 2. The first-order valence-electron chi connectivity index (χ1n) is 14.4. The number of nitrogen functional groups attached to an aromatic ring is 2. The van der Waals surface area contributed by atoms with Crippen molar-refractivity contribution in [3.05, 3.63) is 45.5 Å². The van der Waals surface area contributed by atoms with E-state index in [-0.39, 0.29) is 18.2 Å². The van der Waals surface area contributed by atoms with Gasteiger partial charge in [0.1, 0.15) is 36.6 Å². The van der Waals surface area contributed by atoms with Gasteiger partial charge in [0.2, 0.25) is 0 Å². The highest BCUT2D eigenvalue weighted by Gasteiger charge is 2.59. The molecule has 2 unspecified atom stereocenters. The van der Waals surface area contributed by atoms with E-state index in [4.69, 9.17) is 35.5 Å². The number of aliphatic hydroxyl groups is 2. The van der Waals surface area contributed by atoms with E-state index >= 15 is 4.39 Å². The Bertz CT molecular complexity index is 1510. The fourth-order valence-electron chi connectivity index (χ4n) is 4.69. The van der Waals surface area contributed by atoms with E-state index in [1.165, 1.54) is 24.5 Å². The van der Waals surface area contributed by atoms with Crippen molar-refractivity contribution in [2.24, 2.45) is 11.8 Å². The lowest BCUT2D eigenvalue weighted by Crippen LogP contribution is -2.46. The number of carbonyl (C=O) groups is 2. The summed E-state index contributed by atoms with van der Waals surface area (Å²) in [5, 5.41) is 18.6. The number of hydrogen-bond acceptors (Lipinski definition) is 14. The van der Waals surface area contributed by atoms with E-state index in [2.05, 4.69) is 9.97 Å². The van der Waals surface area contributed by atoms with Gasteiger partial charge in [-0.3, -0.25) is 18.7 Å². The zero-order chi connectivity index (χ0) is 34.7.